The van der Waals surface area contributed by atoms with Crippen LogP contribution in [0.5, 0.6) is 0 Å². The molecule has 1 fully saturated rings. The van der Waals surface area contributed by atoms with E-state index >= 15 is 0 Å². The van der Waals surface area contributed by atoms with Gasteiger partial charge in [0.2, 0.25) is 5.91 Å². The molecule has 1 aromatic rings. The monoisotopic (exact) mass is 301 g/mol. The van der Waals surface area contributed by atoms with Crippen molar-refractivity contribution >= 4 is 11.9 Å². The highest BCUT2D eigenvalue weighted by Crippen LogP contribution is 2.32. The average molecular weight is 301 g/mol. The summed E-state index contributed by atoms with van der Waals surface area (Å²) in [4.78, 5) is 24.9. The van der Waals surface area contributed by atoms with Crippen molar-refractivity contribution in [3.05, 3.63) is 47.5 Å². The smallest absolute Gasteiger partial charge is 0.303 e. The third kappa shape index (κ3) is 3.04. The number of hydrogen-bond donors (Lipinski definition) is 0. The van der Waals surface area contributed by atoms with E-state index in [1.54, 1.807) is 4.90 Å². The predicted octanol–water partition coefficient (Wildman–Crippen LogP) is 1.68. The topological polar surface area (TPSA) is 55.8 Å². The summed E-state index contributed by atoms with van der Waals surface area (Å²) in [6, 6.07) is 9.77. The Labute approximate surface area is 129 Å². The number of hydrogen-bond acceptors (Lipinski definition) is 4. The SMILES string of the molecule is CC(=O)O[C@H]1CC(=O)N2CC=C(COCc3ccccc3)[C@H]12. The second kappa shape index (κ2) is 6.32. The Morgan fingerprint density at radius 3 is 2.77 bits per heavy atom. The number of carbonyl (C=O) groups is 2. The van der Waals surface area contributed by atoms with E-state index in [9.17, 15) is 9.59 Å². The van der Waals surface area contributed by atoms with E-state index in [4.69, 9.17) is 9.47 Å². The molecule has 2 atom stereocenters. The number of amides is 1. The summed E-state index contributed by atoms with van der Waals surface area (Å²) >= 11 is 0. The Bertz CT molecular complexity index is 594. The van der Waals surface area contributed by atoms with Gasteiger partial charge in [-0.25, -0.2) is 0 Å². The molecule has 2 aliphatic rings. The largest absolute Gasteiger partial charge is 0.459 e. The van der Waals surface area contributed by atoms with E-state index in [1.807, 2.05) is 36.4 Å². The van der Waals surface area contributed by atoms with Crippen molar-refractivity contribution in [3.63, 3.8) is 0 Å². The second-order valence-electron chi connectivity index (χ2n) is 5.60. The molecule has 0 bridgehead atoms. The molecule has 0 aliphatic carbocycles. The highest BCUT2D eigenvalue weighted by molar-refractivity contribution is 5.82. The van der Waals surface area contributed by atoms with Gasteiger partial charge in [-0.1, -0.05) is 36.4 Å². The standard InChI is InChI=1S/C17H19NO4/c1-12(19)22-15-9-16(20)18-8-7-14(17(15)18)11-21-10-13-5-3-2-4-6-13/h2-7,15,17H,8-11H2,1H3/t15-,17+/m0/s1. The molecule has 0 aromatic heterocycles. The lowest BCUT2D eigenvalue weighted by molar-refractivity contribution is -0.146. The minimum absolute atomic E-state index is 0.0329. The van der Waals surface area contributed by atoms with Crippen molar-refractivity contribution in [2.24, 2.45) is 0 Å². The first-order valence-corrected chi connectivity index (χ1v) is 7.42. The van der Waals surface area contributed by atoms with Crippen molar-refractivity contribution in [3.8, 4) is 0 Å². The first-order valence-electron chi connectivity index (χ1n) is 7.42. The number of nitrogens with zero attached hydrogens (tertiary/aromatic N) is 1. The molecular formula is C17H19NO4. The van der Waals surface area contributed by atoms with Crippen molar-refractivity contribution < 1.29 is 19.1 Å². The lowest BCUT2D eigenvalue weighted by atomic mass is 10.1. The van der Waals surface area contributed by atoms with Gasteiger partial charge in [0.25, 0.3) is 0 Å². The summed E-state index contributed by atoms with van der Waals surface area (Å²) in [5, 5.41) is 0. The van der Waals surface area contributed by atoms with Crippen LogP contribution in [0.2, 0.25) is 0 Å². The first-order chi connectivity index (χ1) is 10.6. The van der Waals surface area contributed by atoms with E-state index in [2.05, 4.69) is 0 Å². The number of rotatable bonds is 5. The van der Waals surface area contributed by atoms with Gasteiger partial charge in [-0.05, 0) is 11.1 Å². The summed E-state index contributed by atoms with van der Waals surface area (Å²) in [5.41, 5.74) is 2.13. The van der Waals surface area contributed by atoms with Crippen LogP contribution in [-0.4, -0.2) is 42.1 Å². The van der Waals surface area contributed by atoms with Crippen LogP contribution in [0.4, 0.5) is 0 Å². The summed E-state index contributed by atoms with van der Waals surface area (Å²) in [6.45, 7) is 2.92. The molecule has 0 N–H and O–H groups in total. The molecule has 0 saturated carbocycles. The van der Waals surface area contributed by atoms with E-state index in [-0.39, 0.29) is 30.4 Å². The Balaban J connectivity index is 1.59. The van der Waals surface area contributed by atoms with Crippen molar-refractivity contribution in [2.45, 2.75) is 32.1 Å². The van der Waals surface area contributed by atoms with Gasteiger partial charge in [0.1, 0.15) is 6.10 Å². The zero-order valence-corrected chi connectivity index (χ0v) is 12.5. The number of benzene rings is 1. The Hall–Kier alpha value is -2.14. The van der Waals surface area contributed by atoms with Crippen LogP contribution in [0.1, 0.15) is 18.9 Å². The van der Waals surface area contributed by atoms with E-state index < -0.39 is 0 Å². The molecule has 1 aromatic carbocycles. The van der Waals surface area contributed by atoms with Crippen LogP contribution in [0.15, 0.2) is 42.0 Å². The fraction of sp³-hybridized carbons (Fsp3) is 0.412. The fourth-order valence-corrected chi connectivity index (χ4v) is 3.07. The molecule has 2 aliphatic heterocycles. The molecule has 22 heavy (non-hydrogen) atoms. The van der Waals surface area contributed by atoms with Crippen LogP contribution < -0.4 is 0 Å². The third-order valence-corrected chi connectivity index (χ3v) is 4.01. The minimum atomic E-state index is -0.390. The van der Waals surface area contributed by atoms with Gasteiger partial charge in [-0.3, -0.25) is 9.59 Å². The molecule has 5 nitrogen and oxygen atoms in total. The predicted molar refractivity (Wildman–Crippen MR) is 79.9 cm³/mol. The highest BCUT2D eigenvalue weighted by Gasteiger charge is 2.45. The molecule has 5 heteroatoms. The molecule has 0 unspecified atom stereocenters. The number of carbonyl (C=O) groups excluding carboxylic acids is 2. The fourth-order valence-electron chi connectivity index (χ4n) is 3.07. The van der Waals surface area contributed by atoms with E-state index in [1.165, 1.54) is 6.92 Å². The van der Waals surface area contributed by atoms with E-state index in [0.717, 1.165) is 11.1 Å². The summed E-state index contributed by atoms with van der Waals surface area (Å²) in [7, 11) is 0. The summed E-state index contributed by atoms with van der Waals surface area (Å²) < 4.78 is 11.0. The van der Waals surface area contributed by atoms with Gasteiger partial charge in [0, 0.05) is 13.5 Å². The van der Waals surface area contributed by atoms with Crippen LogP contribution >= 0.6 is 0 Å². The lowest BCUT2D eigenvalue weighted by Crippen LogP contribution is -2.36. The zero-order valence-electron chi connectivity index (χ0n) is 12.5. The molecule has 2 heterocycles. The van der Waals surface area contributed by atoms with Crippen LogP contribution in [-0.2, 0) is 25.7 Å². The molecule has 0 spiro atoms. The molecule has 1 amide bonds. The maximum absolute atomic E-state index is 11.9. The average Bonchev–Trinajstić information content (AvgIpc) is 3.03. The Morgan fingerprint density at radius 2 is 2.05 bits per heavy atom. The number of fused-ring (bicyclic) bond motifs is 1. The lowest BCUT2D eigenvalue weighted by Gasteiger charge is -2.23. The second-order valence-corrected chi connectivity index (χ2v) is 5.60. The van der Waals surface area contributed by atoms with Crippen LogP contribution in [0.3, 0.4) is 0 Å². The maximum Gasteiger partial charge on any atom is 0.303 e. The highest BCUT2D eigenvalue weighted by atomic mass is 16.5. The number of esters is 1. The van der Waals surface area contributed by atoms with Gasteiger partial charge >= 0.3 is 5.97 Å². The van der Waals surface area contributed by atoms with Gasteiger partial charge in [0.15, 0.2) is 0 Å². The van der Waals surface area contributed by atoms with Gasteiger partial charge < -0.3 is 14.4 Å². The van der Waals surface area contributed by atoms with Gasteiger partial charge in [-0.2, -0.15) is 0 Å². The molecule has 0 radical (unpaired) electrons. The van der Waals surface area contributed by atoms with Crippen molar-refractivity contribution in [2.75, 3.05) is 13.2 Å². The Morgan fingerprint density at radius 1 is 1.27 bits per heavy atom. The molecule has 3 rings (SSSR count). The number of ether oxygens (including phenoxy) is 2. The van der Waals surface area contributed by atoms with Gasteiger partial charge in [-0.15, -0.1) is 0 Å². The van der Waals surface area contributed by atoms with Crippen molar-refractivity contribution in [1.29, 1.82) is 0 Å². The van der Waals surface area contributed by atoms with Gasteiger partial charge in [0.05, 0.1) is 25.7 Å². The normalized spacial score (nSPS) is 23.4. The minimum Gasteiger partial charge on any atom is -0.459 e. The maximum atomic E-state index is 11.9. The molecule has 1 saturated heterocycles. The molecular weight excluding hydrogens is 282 g/mol. The van der Waals surface area contributed by atoms with E-state index in [0.29, 0.717) is 19.8 Å². The van der Waals surface area contributed by atoms with Crippen LogP contribution in [0.25, 0.3) is 0 Å². The van der Waals surface area contributed by atoms with Crippen LogP contribution in [0, 0.1) is 0 Å². The first kappa shape index (κ1) is 14.8. The molecule has 116 valence electrons. The summed E-state index contributed by atoms with van der Waals surface area (Å²) in [6.07, 6.45) is 1.88. The Kier molecular flexibility index (Phi) is 4.24. The third-order valence-electron chi connectivity index (χ3n) is 4.01. The van der Waals surface area contributed by atoms with Crippen molar-refractivity contribution in [1.82, 2.24) is 4.90 Å². The summed E-state index contributed by atoms with van der Waals surface area (Å²) in [5.74, 6) is -0.318. The zero-order chi connectivity index (χ0) is 15.5. The quantitative estimate of drug-likeness (QED) is 0.613.